The lowest BCUT2D eigenvalue weighted by atomic mass is 10.1. The van der Waals surface area contributed by atoms with Gasteiger partial charge in [-0.25, -0.2) is 9.97 Å². The van der Waals surface area contributed by atoms with Gasteiger partial charge >= 0.3 is 0 Å². The molecule has 34 heavy (non-hydrogen) atoms. The Hall–Kier alpha value is -4.36. The van der Waals surface area contributed by atoms with Gasteiger partial charge in [-0.2, -0.15) is 0 Å². The van der Waals surface area contributed by atoms with Gasteiger partial charge in [0.1, 0.15) is 17.1 Å². The van der Waals surface area contributed by atoms with Crippen LogP contribution in [0.25, 0.3) is 33.5 Å². The molecule has 1 atom stereocenters. The molecule has 5 rings (SSSR count). The number of fused-ring (bicyclic) bond motifs is 1. The third kappa shape index (κ3) is 4.69. The lowest BCUT2D eigenvalue weighted by Gasteiger charge is -2.16. The Morgan fingerprint density at radius 2 is 1.59 bits per heavy atom. The normalized spacial score (nSPS) is 11.9. The zero-order valence-corrected chi connectivity index (χ0v) is 18.5. The van der Waals surface area contributed by atoms with Crippen molar-refractivity contribution in [1.82, 2.24) is 19.9 Å². The number of benzene rings is 2. The lowest BCUT2D eigenvalue weighted by Crippen LogP contribution is -2.31. The van der Waals surface area contributed by atoms with Crippen molar-refractivity contribution in [3.05, 3.63) is 97.0 Å². The van der Waals surface area contributed by atoms with Gasteiger partial charge in [0.15, 0.2) is 5.82 Å². The van der Waals surface area contributed by atoms with Crippen molar-refractivity contribution in [1.29, 1.82) is 0 Å². The summed E-state index contributed by atoms with van der Waals surface area (Å²) >= 11 is 0. The summed E-state index contributed by atoms with van der Waals surface area (Å²) in [4.78, 5) is 18.4. The molecule has 3 aromatic heterocycles. The minimum Gasteiger partial charge on any atom is -0.508 e. The summed E-state index contributed by atoms with van der Waals surface area (Å²) in [5.41, 5.74) is 10.8. The van der Waals surface area contributed by atoms with Gasteiger partial charge in [0.05, 0.1) is 5.69 Å². The Bertz CT molecular complexity index is 1390. The van der Waals surface area contributed by atoms with Gasteiger partial charge in [-0.1, -0.05) is 30.3 Å². The van der Waals surface area contributed by atoms with E-state index in [1.165, 1.54) is 5.56 Å². The minimum absolute atomic E-state index is 0.0878. The van der Waals surface area contributed by atoms with E-state index >= 15 is 0 Å². The summed E-state index contributed by atoms with van der Waals surface area (Å²) in [5, 5.41) is 14.0. The van der Waals surface area contributed by atoms with E-state index in [2.05, 4.69) is 27.4 Å². The molecular weight excluding hydrogens is 424 g/mol. The Balaban J connectivity index is 1.54. The van der Waals surface area contributed by atoms with Crippen LogP contribution in [0.4, 0.5) is 5.82 Å². The predicted molar refractivity (Wildman–Crippen MR) is 134 cm³/mol. The summed E-state index contributed by atoms with van der Waals surface area (Å²) in [6.07, 6.45) is 5.94. The number of aromatic hydroxyl groups is 1. The molecule has 0 fully saturated rings. The first-order valence-corrected chi connectivity index (χ1v) is 11.1. The molecule has 2 aromatic carbocycles. The van der Waals surface area contributed by atoms with Gasteiger partial charge < -0.3 is 16.2 Å². The van der Waals surface area contributed by atoms with Crippen molar-refractivity contribution in [2.24, 2.45) is 5.73 Å². The highest BCUT2D eigenvalue weighted by Gasteiger charge is 2.15. The standard InChI is InChI=1S/C27H24N6O/c28-21(16-18-4-2-1-3-5-18)17-31-27-23-12-15-30-24(19-6-8-22(34)9-7-19)25(23)32-26(33-27)20-10-13-29-14-11-20/h1-15,21,34H,16-17,28H2,(H,31,32,33). The molecule has 7 nitrogen and oxygen atoms in total. The predicted octanol–water partition coefficient (Wildman–Crippen LogP) is 4.44. The Kier molecular flexibility index (Phi) is 6.09. The number of pyridine rings is 2. The summed E-state index contributed by atoms with van der Waals surface area (Å²) in [5.74, 6) is 1.47. The fraction of sp³-hybridized carbons (Fsp3) is 0.111. The molecule has 0 saturated heterocycles. The van der Waals surface area contributed by atoms with Crippen LogP contribution < -0.4 is 11.1 Å². The average Bonchev–Trinajstić information content (AvgIpc) is 2.88. The molecule has 0 aliphatic rings. The molecule has 0 radical (unpaired) electrons. The number of nitrogens with zero attached hydrogens (tertiary/aromatic N) is 4. The lowest BCUT2D eigenvalue weighted by molar-refractivity contribution is 0.475. The number of aromatic nitrogens is 4. The molecule has 0 bridgehead atoms. The molecule has 168 valence electrons. The fourth-order valence-corrected chi connectivity index (χ4v) is 3.87. The van der Waals surface area contributed by atoms with Crippen molar-refractivity contribution < 1.29 is 5.11 Å². The maximum Gasteiger partial charge on any atom is 0.162 e. The maximum absolute atomic E-state index is 9.71. The highest BCUT2D eigenvalue weighted by Crippen LogP contribution is 2.31. The van der Waals surface area contributed by atoms with E-state index in [4.69, 9.17) is 15.7 Å². The highest BCUT2D eigenvalue weighted by molar-refractivity contribution is 5.98. The van der Waals surface area contributed by atoms with Crippen LogP contribution in [-0.4, -0.2) is 37.6 Å². The van der Waals surface area contributed by atoms with Crippen LogP contribution in [0.15, 0.2) is 91.4 Å². The summed E-state index contributed by atoms with van der Waals surface area (Å²) in [6, 6.07) is 22.7. The van der Waals surface area contributed by atoms with Crippen LogP contribution in [0.3, 0.4) is 0 Å². The third-order valence-electron chi connectivity index (χ3n) is 5.57. The van der Waals surface area contributed by atoms with E-state index in [1.54, 1.807) is 30.7 Å². The van der Waals surface area contributed by atoms with Gasteiger partial charge in [-0.15, -0.1) is 0 Å². The molecule has 0 amide bonds. The largest absolute Gasteiger partial charge is 0.508 e. The second-order valence-corrected chi connectivity index (χ2v) is 8.07. The van der Waals surface area contributed by atoms with Crippen LogP contribution in [0.5, 0.6) is 5.75 Å². The molecule has 0 spiro atoms. The first kappa shape index (κ1) is 21.5. The van der Waals surface area contributed by atoms with E-state index in [9.17, 15) is 5.11 Å². The van der Waals surface area contributed by atoms with Crippen molar-refractivity contribution in [3.8, 4) is 28.4 Å². The molecule has 0 aliphatic heterocycles. The quantitative estimate of drug-likeness (QED) is 0.338. The second kappa shape index (κ2) is 9.64. The first-order chi connectivity index (χ1) is 16.7. The average molecular weight is 449 g/mol. The molecule has 0 aliphatic carbocycles. The number of rotatable bonds is 7. The molecular formula is C27H24N6O. The van der Waals surface area contributed by atoms with Crippen LogP contribution in [0.2, 0.25) is 0 Å². The summed E-state index contributed by atoms with van der Waals surface area (Å²) in [7, 11) is 0. The Morgan fingerprint density at radius 1 is 0.824 bits per heavy atom. The maximum atomic E-state index is 9.71. The van der Waals surface area contributed by atoms with E-state index in [1.807, 2.05) is 48.5 Å². The molecule has 1 unspecified atom stereocenters. The number of hydrogen-bond donors (Lipinski definition) is 3. The van der Waals surface area contributed by atoms with E-state index in [0.717, 1.165) is 22.9 Å². The van der Waals surface area contributed by atoms with Crippen molar-refractivity contribution in [2.75, 3.05) is 11.9 Å². The second-order valence-electron chi connectivity index (χ2n) is 8.07. The van der Waals surface area contributed by atoms with E-state index in [-0.39, 0.29) is 11.8 Å². The monoisotopic (exact) mass is 448 g/mol. The fourth-order valence-electron chi connectivity index (χ4n) is 3.87. The molecule has 4 N–H and O–H groups in total. The SMILES string of the molecule is NC(CNc1nc(-c2ccncc2)nc2c(-c3ccc(O)cc3)nccc12)Cc1ccccc1. The van der Waals surface area contributed by atoms with Gasteiger partial charge in [0.25, 0.3) is 0 Å². The number of nitrogens with one attached hydrogen (secondary N) is 1. The number of anilines is 1. The zero-order valence-electron chi connectivity index (χ0n) is 18.5. The number of hydrogen-bond acceptors (Lipinski definition) is 7. The van der Waals surface area contributed by atoms with E-state index in [0.29, 0.717) is 29.4 Å². The smallest absolute Gasteiger partial charge is 0.162 e. The van der Waals surface area contributed by atoms with Crippen LogP contribution in [0.1, 0.15) is 5.56 Å². The van der Waals surface area contributed by atoms with Crippen LogP contribution >= 0.6 is 0 Å². The Labute approximate surface area is 197 Å². The van der Waals surface area contributed by atoms with Crippen molar-refractivity contribution in [3.63, 3.8) is 0 Å². The van der Waals surface area contributed by atoms with Gasteiger partial charge in [0.2, 0.25) is 0 Å². The van der Waals surface area contributed by atoms with E-state index < -0.39 is 0 Å². The Morgan fingerprint density at radius 3 is 2.35 bits per heavy atom. The summed E-state index contributed by atoms with van der Waals surface area (Å²) in [6.45, 7) is 0.549. The van der Waals surface area contributed by atoms with Gasteiger partial charge in [-0.05, 0) is 54.4 Å². The van der Waals surface area contributed by atoms with Gasteiger partial charge in [-0.3, -0.25) is 9.97 Å². The zero-order chi connectivity index (χ0) is 23.3. The number of phenols is 1. The first-order valence-electron chi connectivity index (χ1n) is 11.1. The van der Waals surface area contributed by atoms with Gasteiger partial charge in [0, 0.05) is 47.7 Å². The minimum atomic E-state index is -0.0878. The molecule has 5 aromatic rings. The number of nitrogens with two attached hydrogens (primary N) is 1. The van der Waals surface area contributed by atoms with Crippen LogP contribution in [-0.2, 0) is 6.42 Å². The van der Waals surface area contributed by atoms with Crippen LogP contribution in [0, 0.1) is 0 Å². The third-order valence-corrected chi connectivity index (χ3v) is 5.57. The van der Waals surface area contributed by atoms with Crippen molar-refractivity contribution in [2.45, 2.75) is 12.5 Å². The summed E-state index contributed by atoms with van der Waals surface area (Å²) < 4.78 is 0. The molecule has 0 saturated carbocycles. The molecule has 3 heterocycles. The van der Waals surface area contributed by atoms with Crippen molar-refractivity contribution >= 4 is 16.7 Å². The highest BCUT2D eigenvalue weighted by atomic mass is 16.3. The number of phenolic OH excluding ortho intramolecular Hbond substituents is 1. The topological polar surface area (TPSA) is 110 Å². The molecule has 7 heteroatoms.